The fraction of sp³-hybridized carbons (Fsp3) is 0.278. The van der Waals surface area contributed by atoms with Crippen LogP contribution in [0.15, 0.2) is 48.5 Å². The number of hydrogen-bond acceptors (Lipinski definition) is 2. The maximum atomic E-state index is 12.6. The fourth-order valence-electron chi connectivity index (χ4n) is 2.91. The van der Waals surface area contributed by atoms with Gasteiger partial charge in [-0.2, -0.15) is 0 Å². The number of nitrogens with zero attached hydrogens (tertiary/aromatic N) is 1. The van der Waals surface area contributed by atoms with Gasteiger partial charge in [0.05, 0.1) is 0 Å². The molecular formula is C18H20N2O. The largest absolute Gasteiger partial charge is 0.399 e. The molecule has 0 aromatic heterocycles. The summed E-state index contributed by atoms with van der Waals surface area (Å²) in [6.45, 7) is 1.54. The Morgan fingerprint density at radius 1 is 1.05 bits per heavy atom. The monoisotopic (exact) mass is 280 g/mol. The third-order valence-corrected chi connectivity index (χ3v) is 4.12. The lowest BCUT2D eigenvalue weighted by atomic mass is 10.0. The van der Waals surface area contributed by atoms with Crippen molar-refractivity contribution in [1.29, 1.82) is 0 Å². The zero-order valence-corrected chi connectivity index (χ0v) is 12.1. The Balaban J connectivity index is 1.75. The average molecular weight is 280 g/mol. The van der Waals surface area contributed by atoms with Crippen molar-refractivity contribution >= 4 is 11.6 Å². The first-order valence-electron chi connectivity index (χ1n) is 7.46. The highest BCUT2D eigenvalue weighted by Crippen LogP contribution is 2.19. The molecule has 0 saturated carbocycles. The number of anilines is 1. The van der Waals surface area contributed by atoms with Gasteiger partial charge in [0.1, 0.15) is 0 Å². The molecule has 2 N–H and O–H groups in total. The van der Waals surface area contributed by atoms with Crippen molar-refractivity contribution in [2.24, 2.45) is 0 Å². The lowest BCUT2D eigenvalue weighted by Gasteiger charge is -2.21. The summed E-state index contributed by atoms with van der Waals surface area (Å²) in [5.41, 5.74) is 9.92. The summed E-state index contributed by atoms with van der Waals surface area (Å²) in [5, 5.41) is 0. The van der Waals surface area contributed by atoms with E-state index in [1.165, 1.54) is 5.56 Å². The number of aryl methyl sites for hydroxylation is 1. The minimum Gasteiger partial charge on any atom is -0.399 e. The average Bonchev–Trinajstić information content (AvgIpc) is 2.67. The highest BCUT2D eigenvalue weighted by atomic mass is 16.2. The van der Waals surface area contributed by atoms with Gasteiger partial charge in [-0.3, -0.25) is 4.79 Å². The van der Waals surface area contributed by atoms with Crippen LogP contribution in [0.2, 0.25) is 0 Å². The Morgan fingerprint density at radius 2 is 1.81 bits per heavy atom. The molecule has 0 bridgehead atoms. The molecule has 0 aliphatic carbocycles. The van der Waals surface area contributed by atoms with Crippen LogP contribution in [-0.2, 0) is 12.8 Å². The summed E-state index contributed by atoms with van der Waals surface area (Å²) in [7, 11) is 0. The van der Waals surface area contributed by atoms with Crippen LogP contribution in [0.4, 0.5) is 5.69 Å². The molecule has 0 atom stereocenters. The molecule has 1 heterocycles. The Labute approximate surface area is 125 Å². The normalized spacial score (nSPS) is 14.7. The Hall–Kier alpha value is -2.29. The summed E-state index contributed by atoms with van der Waals surface area (Å²) < 4.78 is 0. The highest BCUT2D eigenvalue weighted by Gasteiger charge is 2.21. The molecule has 0 spiro atoms. The van der Waals surface area contributed by atoms with E-state index in [9.17, 15) is 4.79 Å². The van der Waals surface area contributed by atoms with Crippen LogP contribution in [-0.4, -0.2) is 23.9 Å². The zero-order valence-electron chi connectivity index (χ0n) is 12.1. The molecule has 108 valence electrons. The van der Waals surface area contributed by atoms with Gasteiger partial charge in [0, 0.05) is 24.3 Å². The van der Waals surface area contributed by atoms with E-state index in [1.807, 2.05) is 47.4 Å². The summed E-state index contributed by atoms with van der Waals surface area (Å²) in [4.78, 5) is 14.6. The lowest BCUT2D eigenvalue weighted by molar-refractivity contribution is 0.0763. The van der Waals surface area contributed by atoms with Gasteiger partial charge in [-0.25, -0.2) is 0 Å². The van der Waals surface area contributed by atoms with E-state index < -0.39 is 0 Å². The zero-order chi connectivity index (χ0) is 14.7. The number of amides is 1. The lowest BCUT2D eigenvalue weighted by Crippen LogP contribution is -2.33. The number of para-hydroxylation sites is 1. The number of benzene rings is 2. The van der Waals surface area contributed by atoms with Gasteiger partial charge in [0.2, 0.25) is 0 Å². The van der Waals surface area contributed by atoms with E-state index in [-0.39, 0.29) is 5.91 Å². The van der Waals surface area contributed by atoms with Crippen LogP contribution in [0, 0.1) is 0 Å². The van der Waals surface area contributed by atoms with Crippen molar-refractivity contribution in [3.63, 3.8) is 0 Å². The second-order valence-corrected chi connectivity index (χ2v) is 5.50. The van der Waals surface area contributed by atoms with Crippen LogP contribution in [0.5, 0.6) is 0 Å². The van der Waals surface area contributed by atoms with Crippen molar-refractivity contribution in [1.82, 2.24) is 4.90 Å². The molecule has 2 aromatic carbocycles. The van der Waals surface area contributed by atoms with Gasteiger partial charge < -0.3 is 10.6 Å². The van der Waals surface area contributed by atoms with Crippen molar-refractivity contribution in [2.45, 2.75) is 19.3 Å². The molecule has 1 amide bonds. The van der Waals surface area contributed by atoms with Crippen LogP contribution in [0.1, 0.15) is 27.9 Å². The van der Waals surface area contributed by atoms with Gasteiger partial charge in [0.25, 0.3) is 5.91 Å². The van der Waals surface area contributed by atoms with Gasteiger partial charge in [0.15, 0.2) is 0 Å². The van der Waals surface area contributed by atoms with Crippen LogP contribution < -0.4 is 5.73 Å². The van der Waals surface area contributed by atoms with E-state index in [1.54, 1.807) is 0 Å². The van der Waals surface area contributed by atoms with Gasteiger partial charge in [-0.05, 0) is 42.5 Å². The highest BCUT2D eigenvalue weighted by molar-refractivity contribution is 5.96. The first kappa shape index (κ1) is 13.7. The number of fused-ring (bicyclic) bond motifs is 1. The molecule has 3 heteroatoms. The van der Waals surface area contributed by atoms with E-state index in [0.717, 1.165) is 49.2 Å². The second-order valence-electron chi connectivity index (χ2n) is 5.50. The number of carbonyl (C=O) groups excluding carboxylic acids is 1. The fourth-order valence-corrected chi connectivity index (χ4v) is 2.91. The number of carbonyl (C=O) groups is 1. The molecule has 0 fully saturated rings. The summed E-state index contributed by atoms with van der Waals surface area (Å²) >= 11 is 0. The molecule has 3 nitrogen and oxygen atoms in total. The second kappa shape index (κ2) is 6.00. The standard InChI is InChI=1S/C18H20N2O/c19-17-10-4-2-7-15(17)11-13-20-12-5-8-14-6-1-3-9-16(14)18(20)21/h1-4,6-7,9-10H,5,8,11-13,19H2. The van der Waals surface area contributed by atoms with Crippen LogP contribution in [0.3, 0.4) is 0 Å². The van der Waals surface area contributed by atoms with Crippen molar-refractivity contribution in [3.05, 3.63) is 65.2 Å². The minimum atomic E-state index is 0.151. The Kier molecular flexibility index (Phi) is 3.91. The molecule has 3 rings (SSSR count). The molecule has 0 saturated heterocycles. The van der Waals surface area contributed by atoms with Gasteiger partial charge in [-0.15, -0.1) is 0 Å². The third kappa shape index (κ3) is 2.92. The van der Waals surface area contributed by atoms with E-state index in [2.05, 4.69) is 6.07 Å². The molecular weight excluding hydrogens is 260 g/mol. The Morgan fingerprint density at radius 3 is 2.67 bits per heavy atom. The van der Waals surface area contributed by atoms with Crippen molar-refractivity contribution in [2.75, 3.05) is 18.8 Å². The number of rotatable bonds is 3. The molecule has 21 heavy (non-hydrogen) atoms. The van der Waals surface area contributed by atoms with E-state index in [0.29, 0.717) is 0 Å². The molecule has 0 radical (unpaired) electrons. The molecule has 2 aromatic rings. The van der Waals surface area contributed by atoms with Crippen LogP contribution >= 0.6 is 0 Å². The number of nitrogen functional groups attached to an aromatic ring is 1. The smallest absolute Gasteiger partial charge is 0.254 e. The van der Waals surface area contributed by atoms with E-state index in [4.69, 9.17) is 5.73 Å². The van der Waals surface area contributed by atoms with Gasteiger partial charge >= 0.3 is 0 Å². The van der Waals surface area contributed by atoms with Crippen LogP contribution in [0.25, 0.3) is 0 Å². The van der Waals surface area contributed by atoms with Crippen molar-refractivity contribution in [3.8, 4) is 0 Å². The predicted molar refractivity (Wildman–Crippen MR) is 85.2 cm³/mol. The van der Waals surface area contributed by atoms with Gasteiger partial charge in [-0.1, -0.05) is 36.4 Å². The summed E-state index contributed by atoms with van der Waals surface area (Å²) in [6, 6.07) is 15.8. The predicted octanol–water partition coefficient (Wildman–Crippen LogP) is 2.90. The maximum Gasteiger partial charge on any atom is 0.254 e. The minimum absolute atomic E-state index is 0.151. The first-order chi connectivity index (χ1) is 10.3. The SMILES string of the molecule is Nc1ccccc1CCN1CCCc2ccccc2C1=O. The maximum absolute atomic E-state index is 12.6. The first-order valence-corrected chi connectivity index (χ1v) is 7.46. The quantitative estimate of drug-likeness (QED) is 0.879. The third-order valence-electron chi connectivity index (χ3n) is 4.12. The van der Waals surface area contributed by atoms with Crippen molar-refractivity contribution < 1.29 is 4.79 Å². The summed E-state index contributed by atoms with van der Waals surface area (Å²) in [5.74, 6) is 0.151. The molecule has 1 aliphatic heterocycles. The topological polar surface area (TPSA) is 46.3 Å². The Bertz CT molecular complexity index is 651. The molecule has 0 unspecified atom stereocenters. The molecule has 1 aliphatic rings. The number of hydrogen-bond donors (Lipinski definition) is 1. The van der Waals surface area contributed by atoms with E-state index >= 15 is 0 Å². The number of nitrogens with two attached hydrogens (primary N) is 1. The summed E-state index contributed by atoms with van der Waals surface area (Å²) in [6.07, 6.45) is 2.81.